The number of aliphatic imine (C=N–C) groups is 2. The van der Waals surface area contributed by atoms with Crippen molar-refractivity contribution in [2.45, 2.75) is 65.8 Å². The quantitative estimate of drug-likeness (QED) is 0.0203. The van der Waals surface area contributed by atoms with E-state index in [4.69, 9.17) is 32.3 Å². The third-order valence-corrected chi connectivity index (χ3v) is 8.91. The van der Waals surface area contributed by atoms with Crippen molar-refractivity contribution in [1.82, 2.24) is 25.8 Å². The van der Waals surface area contributed by atoms with Crippen LogP contribution in [0.3, 0.4) is 0 Å². The summed E-state index contributed by atoms with van der Waals surface area (Å²) in [6.45, 7) is 5.94. The fourth-order valence-electron chi connectivity index (χ4n) is 5.67. The molecular formula is C43H62ClN10O10-. The molecule has 0 saturated heterocycles. The van der Waals surface area contributed by atoms with Crippen LogP contribution in [0.5, 0.6) is 0 Å². The molecule has 0 aliphatic heterocycles. The topological polar surface area (TPSA) is 311 Å². The number of carbonyl (C=O) groups excluding carboxylic acids is 4. The van der Waals surface area contributed by atoms with Gasteiger partial charge < -0.3 is 64.8 Å². The van der Waals surface area contributed by atoms with Crippen molar-refractivity contribution < 1.29 is 60.9 Å². The zero-order valence-electron chi connectivity index (χ0n) is 36.0. The highest BCUT2D eigenvalue weighted by molar-refractivity contribution is 5.88. The maximum Gasteiger partial charge on any atom is 0.407 e. The number of aliphatic carboxylic acids is 1. The second kappa shape index (κ2) is 31.1. The molecular weight excluding hydrogens is 852 g/mol. The van der Waals surface area contributed by atoms with Gasteiger partial charge in [0.15, 0.2) is 0 Å². The van der Waals surface area contributed by atoms with Gasteiger partial charge in [-0.05, 0) is 79.1 Å². The number of esters is 2. The van der Waals surface area contributed by atoms with Gasteiger partial charge in [0.05, 0.1) is 38.4 Å². The van der Waals surface area contributed by atoms with Crippen LogP contribution in [0, 0.1) is 5.92 Å². The minimum absolute atomic E-state index is 0. The van der Waals surface area contributed by atoms with Crippen LogP contribution in [-0.2, 0) is 33.4 Å². The monoisotopic (exact) mass is 913 g/mol. The number of aromatic nitrogens is 3. The number of fused-ring (bicyclic) bond motifs is 4. The maximum atomic E-state index is 12.6. The fourth-order valence-corrected chi connectivity index (χ4v) is 5.67. The van der Waals surface area contributed by atoms with E-state index in [1.165, 1.54) is 14.2 Å². The van der Waals surface area contributed by atoms with Gasteiger partial charge in [-0.2, -0.15) is 0 Å². The summed E-state index contributed by atoms with van der Waals surface area (Å²) in [6.07, 6.45) is 1.54. The highest BCUT2D eigenvalue weighted by atomic mass is 35.5. The average molecular weight is 914 g/mol. The minimum atomic E-state index is -0.895. The standard InChI is InChI=1S/C25H30N4O5.C8H16N2O2.C6H5N3O.C3H7NO2.CH4.ClH/c1-16(26)27-13-7-12-22(24(31)28-14-23(30)33-2)29-25(32)34-15-21-19-10-5-3-8-17(19)18-9-4-6-11-20(18)21;1-6(8(11)12)4-3-5-10-7(2)9;10-9-6-4-2-1-3-5(6)7-8-9;1-6-3(5)2-4;;/h3-6,8-11,21-22H,7,12-15H2,1-2H3,(H2,26,27)(H,28,31)(H,29,32);6H,3-5H2,1-2H3,(H2,9,10)(H,11,12);1-4,10H;2,4H2,1H3;1H4;1H/p-1/t22-;6-;;;;/m00..../s1. The van der Waals surface area contributed by atoms with E-state index in [9.17, 15) is 24.0 Å². The molecule has 10 N–H and O–H groups in total. The number of nitrogens with two attached hydrogens (primary N) is 3. The largest absolute Gasteiger partial charge is 1.00 e. The van der Waals surface area contributed by atoms with Gasteiger partial charge in [0.1, 0.15) is 30.2 Å². The smallest absolute Gasteiger partial charge is 0.407 e. The van der Waals surface area contributed by atoms with Gasteiger partial charge >= 0.3 is 24.0 Å². The Morgan fingerprint density at radius 2 is 1.34 bits per heavy atom. The van der Waals surface area contributed by atoms with Crippen LogP contribution in [0.2, 0.25) is 0 Å². The van der Waals surface area contributed by atoms with Gasteiger partial charge in [-0.25, -0.2) is 4.79 Å². The number of benzene rings is 3. The zero-order chi connectivity index (χ0) is 46.0. The van der Waals surface area contributed by atoms with Crippen molar-refractivity contribution in [3.05, 3.63) is 83.9 Å². The lowest BCUT2D eigenvalue weighted by Crippen LogP contribution is -3.00. The molecule has 0 radical (unpaired) electrons. The van der Waals surface area contributed by atoms with E-state index >= 15 is 0 Å². The number of para-hydroxylation sites is 1. The molecule has 0 fully saturated rings. The van der Waals surface area contributed by atoms with Crippen LogP contribution in [-0.4, -0.2) is 120 Å². The molecule has 5 rings (SSSR count). The first-order chi connectivity index (χ1) is 29.6. The van der Waals surface area contributed by atoms with Crippen LogP contribution < -0.4 is 40.2 Å². The van der Waals surface area contributed by atoms with Crippen molar-refractivity contribution in [3.8, 4) is 11.1 Å². The van der Waals surface area contributed by atoms with Crippen molar-refractivity contribution in [2.24, 2.45) is 33.1 Å². The van der Waals surface area contributed by atoms with Crippen LogP contribution in [0.25, 0.3) is 22.2 Å². The molecule has 0 bridgehead atoms. The van der Waals surface area contributed by atoms with Crippen molar-refractivity contribution in [1.29, 1.82) is 0 Å². The number of nitrogens with zero attached hydrogens (tertiary/aromatic N) is 5. The SMILES string of the molecule is C.CC(N)=NCCC[C@H](C)C(=O)O.COC(=O)CN.COC(=O)CNC(=O)[C@H](CCCN=C(C)N)NC(=O)OCC1c2ccccc2-c2ccccc21.On1nnc2ccccc21.[Cl-]. The lowest BCUT2D eigenvalue weighted by atomic mass is 9.98. The summed E-state index contributed by atoms with van der Waals surface area (Å²) in [4.78, 5) is 65.6. The zero-order valence-corrected chi connectivity index (χ0v) is 36.8. The Morgan fingerprint density at radius 1 is 0.828 bits per heavy atom. The van der Waals surface area contributed by atoms with Crippen molar-refractivity contribution in [3.63, 3.8) is 0 Å². The number of nitrogens with one attached hydrogen (secondary N) is 2. The van der Waals surface area contributed by atoms with E-state index < -0.39 is 30.0 Å². The summed E-state index contributed by atoms with van der Waals surface area (Å²) in [5.74, 6) is -1.60. The van der Waals surface area contributed by atoms with Crippen LogP contribution in [0.1, 0.15) is 70.9 Å². The van der Waals surface area contributed by atoms with Crippen molar-refractivity contribution >= 4 is 52.6 Å². The summed E-state index contributed by atoms with van der Waals surface area (Å²) < 4.78 is 14.2. The number of halogens is 1. The van der Waals surface area contributed by atoms with Crippen LogP contribution in [0.15, 0.2) is 82.8 Å². The van der Waals surface area contributed by atoms with E-state index in [1.807, 2.05) is 48.5 Å². The van der Waals surface area contributed by atoms with E-state index in [2.05, 4.69) is 52.5 Å². The lowest BCUT2D eigenvalue weighted by Gasteiger charge is -2.19. The first kappa shape index (κ1) is 57.2. The molecule has 0 saturated carbocycles. The number of methoxy groups -OCH3 is 2. The van der Waals surface area contributed by atoms with E-state index in [0.717, 1.165) is 33.5 Å². The van der Waals surface area contributed by atoms with E-state index in [0.29, 0.717) is 55.1 Å². The molecule has 0 spiro atoms. The number of alkyl carbamates (subject to hydrolysis) is 1. The van der Waals surface area contributed by atoms with E-state index in [-0.39, 0.29) is 57.3 Å². The molecule has 2 amide bonds. The number of carboxylic acids is 1. The molecule has 1 heterocycles. The molecule has 2 atom stereocenters. The summed E-state index contributed by atoms with van der Waals surface area (Å²) in [7, 11) is 2.53. The Bertz CT molecular complexity index is 2070. The van der Waals surface area contributed by atoms with Crippen LogP contribution in [0.4, 0.5) is 4.79 Å². The number of carboxylic acid groups (broad SMARTS) is 1. The summed E-state index contributed by atoms with van der Waals surface area (Å²) in [5, 5.41) is 29.7. The molecule has 4 aromatic rings. The number of carbonyl (C=O) groups is 5. The van der Waals surface area contributed by atoms with Gasteiger partial charge in [-0.3, -0.25) is 29.2 Å². The third kappa shape index (κ3) is 20.4. The highest BCUT2D eigenvalue weighted by Crippen LogP contribution is 2.44. The van der Waals surface area contributed by atoms with Gasteiger partial charge in [-0.1, -0.05) is 79.9 Å². The lowest BCUT2D eigenvalue weighted by molar-refractivity contribution is -0.142. The third-order valence-electron chi connectivity index (χ3n) is 8.91. The molecule has 352 valence electrons. The first-order valence-corrected chi connectivity index (χ1v) is 19.6. The Hall–Kier alpha value is -6.80. The van der Waals surface area contributed by atoms with Gasteiger partial charge in [0.2, 0.25) is 5.91 Å². The molecule has 3 aromatic carbocycles. The van der Waals surface area contributed by atoms with Gasteiger partial charge in [0, 0.05) is 19.0 Å². The number of ether oxygens (including phenoxy) is 3. The normalized spacial score (nSPS) is 12.2. The Balaban J connectivity index is 0.00000107. The molecule has 1 aliphatic rings. The predicted octanol–water partition coefficient (Wildman–Crippen LogP) is 0.631. The number of rotatable bonds is 16. The number of amides is 2. The fraction of sp³-hybridized carbons (Fsp3) is 0.419. The summed E-state index contributed by atoms with van der Waals surface area (Å²) in [5.41, 5.74) is 21.4. The molecule has 20 nitrogen and oxygen atoms in total. The predicted molar refractivity (Wildman–Crippen MR) is 239 cm³/mol. The maximum absolute atomic E-state index is 12.6. The minimum Gasteiger partial charge on any atom is -1.00 e. The van der Waals surface area contributed by atoms with Crippen molar-refractivity contribution in [2.75, 3.05) is 47.0 Å². The number of hydrogen-bond donors (Lipinski definition) is 7. The molecule has 21 heteroatoms. The molecule has 64 heavy (non-hydrogen) atoms. The number of amidine groups is 2. The molecule has 1 aliphatic carbocycles. The Kier molecular flexibility index (Phi) is 27.8. The van der Waals surface area contributed by atoms with Gasteiger partial charge in [-0.15, -0.1) is 5.10 Å². The molecule has 1 aromatic heterocycles. The first-order valence-electron chi connectivity index (χ1n) is 19.6. The summed E-state index contributed by atoms with van der Waals surface area (Å²) in [6, 6.07) is 22.4. The summed E-state index contributed by atoms with van der Waals surface area (Å²) >= 11 is 0. The Labute approximate surface area is 379 Å². The average Bonchev–Trinajstić information content (AvgIpc) is 3.81. The number of hydrogen-bond acceptors (Lipinski definition) is 14. The van der Waals surface area contributed by atoms with Gasteiger partial charge in [0.25, 0.3) is 0 Å². The Morgan fingerprint density at radius 3 is 1.83 bits per heavy atom. The van der Waals surface area contributed by atoms with E-state index in [1.54, 1.807) is 32.9 Å². The second-order valence-electron chi connectivity index (χ2n) is 13.6. The molecule has 0 unspecified atom stereocenters. The second-order valence-corrected chi connectivity index (χ2v) is 13.6. The van der Waals surface area contributed by atoms with Crippen LogP contribution >= 0.6 is 0 Å². The highest BCUT2D eigenvalue weighted by Gasteiger charge is 2.30.